The molecular weight excluding hydrogens is 488 g/mol. The van der Waals surface area contributed by atoms with E-state index in [1.54, 1.807) is 38.5 Å². The molecule has 10 heteroatoms. The SMILES string of the molecule is CC1=C[C@H](N)C[C@H](c2ccncc2Nc2ncc3ccc(-c4c(F)ccc(C(=O)NC(C)C)c4F)nn23)C1. The molecule has 1 aliphatic carbocycles. The lowest BCUT2D eigenvalue weighted by Gasteiger charge is -2.27. The van der Waals surface area contributed by atoms with Crippen molar-refractivity contribution < 1.29 is 13.6 Å². The largest absolute Gasteiger partial charge is 0.350 e. The number of nitrogens with two attached hydrogens (primary N) is 1. The number of allylic oxidation sites excluding steroid dienone is 1. The predicted molar refractivity (Wildman–Crippen MR) is 142 cm³/mol. The van der Waals surface area contributed by atoms with E-state index >= 15 is 4.39 Å². The number of hydrogen-bond donors (Lipinski definition) is 3. The Kier molecular flexibility index (Phi) is 6.90. The summed E-state index contributed by atoms with van der Waals surface area (Å²) in [5.41, 5.74) is 9.29. The Bertz CT molecular complexity index is 1550. The summed E-state index contributed by atoms with van der Waals surface area (Å²) in [6.07, 6.45) is 8.86. The number of carbonyl (C=O) groups excluding carboxylic acids is 1. The molecule has 1 aromatic carbocycles. The minimum absolute atomic E-state index is 0.0191. The molecular formula is C28H29F2N7O. The molecule has 0 spiro atoms. The number of benzene rings is 1. The molecule has 0 radical (unpaired) electrons. The Hall–Kier alpha value is -4.18. The number of rotatable bonds is 6. The molecule has 3 heterocycles. The first-order valence-electron chi connectivity index (χ1n) is 12.5. The molecule has 0 aliphatic heterocycles. The van der Waals surface area contributed by atoms with Crippen molar-refractivity contribution in [3.8, 4) is 11.3 Å². The first kappa shape index (κ1) is 25.5. The highest BCUT2D eigenvalue weighted by molar-refractivity contribution is 5.96. The van der Waals surface area contributed by atoms with Gasteiger partial charge in [0.1, 0.15) is 11.6 Å². The van der Waals surface area contributed by atoms with Gasteiger partial charge in [-0.3, -0.25) is 9.78 Å². The highest BCUT2D eigenvalue weighted by Gasteiger charge is 2.24. The van der Waals surface area contributed by atoms with Crippen LogP contribution in [0.15, 0.2) is 60.6 Å². The predicted octanol–water partition coefficient (Wildman–Crippen LogP) is 5.10. The molecule has 3 aromatic heterocycles. The molecule has 1 amide bonds. The smallest absolute Gasteiger partial charge is 0.254 e. The first-order chi connectivity index (χ1) is 18.2. The summed E-state index contributed by atoms with van der Waals surface area (Å²) in [7, 11) is 0. The maximum absolute atomic E-state index is 15.4. The van der Waals surface area contributed by atoms with E-state index < -0.39 is 17.5 Å². The lowest BCUT2D eigenvalue weighted by molar-refractivity contribution is 0.0939. The van der Waals surface area contributed by atoms with Crippen molar-refractivity contribution >= 4 is 23.1 Å². The minimum Gasteiger partial charge on any atom is -0.350 e. The van der Waals surface area contributed by atoms with E-state index in [9.17, 15) is 9.18 Å². The number of nitrogens with zero attached hydrogens (tertiary/aromatic N) is 4. The van der Waals surface area contributed by atoms with E-state index in [4.69, 9.17) is 5.73 Å². The third-order valence-electron chi connectivity index (χ3n) is 6.56. The normalized spacial score (nSPS) is 17.5. The number of hydrogen-bond acceptors (Lipinski definition) is 6. The lowest BCUT2D eigenvalue weighted by Crippen LogP contribution is -2.31. The van der Waals surface area contributed by atoms with Gasteiger partial charge in [-0.15, -0.1) is 0 Å². The third kappa shape index (κ3) is 4.99. The van der Waals surface area contributed by atoms with E-state index in [1.807, 2.05) is 6.07 Å². The fourth-order valence-corrected chi connectivity index (χ4v) is 4.93. The van der Waals surface area contributed by atoms with Gasteiger partial charge in [-0.25, -0.2) is 13.8 Å². The summed E-state index contributed by atoms with van der Waals surface area (Å²) >= 11 is 0. The number of anilines is 2. The molecule has 0 unspecified atom stereocenters. The molecule has 1 aliphatic rings. The van der Waals surface area contributed by atoms with Crippen LogP contribution in [-0.4, -0.2) is 37.6 Å². The van der Waals surface area contributed by atoms with E-state index in [-0.39, 0.29) is 34.8 Å². The highest BCUT2D eigenvalue weighted by atomic mass is 19.1. The molecule has 38 heavy (non-hydrogen) atoms. The van der Waals surface area contributed by atoms with E-state index in [0.29, 0.717) is 11.5 Å². The second-order valence-corrected chi connectivity index (χ2v) is 9.95. The van der Waals surface area contributed by atoms with Gasteiger partial charge >= 0.3 is 0 Å². The van der Waals surface area contributed by atoms with Crippen LogP contribution >= 0.6 is 0 Å². The molecule has 0 saturated carbocycles. The van der Waals surface area contributed by atoms with Crippen molar-refractivity contribution in [2.45, 2.75) is 51.6 Å². The molecule has 2 atom stereocenters. The average molecular weight is 518 g/mol. The van der Waals surface area contributed by atoms with Crippen LogP contribution in [0.25, 0.3) is 16.8 Å². The maximum Gasteiger partial charge on any atom is 0.254 e. The van der Waals surface area contributed by atoms with Gasteiger partial charge in [0.05, 0.1) is 40.4 Å². The Balaban J connectivity index is 1.52. The van der Waals surface area contributed by atoms with Crippen LogP contribution < -0.4 is 16.4 Å². The fourth-order valence-electron chi connectivity index (χ4n) is 4.93. The molecule has 8 nitrogen and oxygen atoms in total. The molecule has 0 saturated heterocycles. The zero-order valence-electron chi connectivity index (χ0n) is 21.4. The van der Waals surface area contributed by atoms with Crippen LogP contribution in [-0.2, 0) is 0 Å². The quantitative estimate of drug-likeness (QED) is 0.307. The zero-order valence-corrected chi connectivity index (χ0v) is 21.4. The van der Waals surface area contributed by atoms with Crippen LogP contribution in [0.2, 0.25) is 0 Å². The number of amides is 1. The van der Waals surface area contributed by atoms with Gasteiger partial charge < -0.3 is 16.4 Å². The van der Waals surface area contributed by atoms with Gasteiger partial charge in [0.25, 0.3) is 5.91 Å². The molecule has 0 fully saturated rings. The maximum atomic E-state index is 15.4. The lowest BCUT2D eigenvalue weighted by atomic mass is 9.82. The number of fused-ring (bicyclic) bond motifs is 1. The summed E-state index contributed by atoms with van der Waals surface area (Å²) in [6.45, 7) is 5.60. The summed E-state index contributed by atoms with van der Waals surface area (Å²) in [6, 6.07) is 7.11. The number of carbonyl (C=O) groups is 1. The molecule has 196 valence electrons. The van der Waals surface area contributed by atoms with Crippen molar-refractivity contribution in [3.63, 3.8) is 0 Å². The van der Waals surface area contributed by atoms with Crippen LogP contribution in [0, 0.1) is 11.6 Å². The van der Waals surface area contributed by atoms with Crippen molar-refractivity contribution in [1.82, 2.24) is 24.9 Å². The zero-order chi connectivity index (χ0) is 27.0. The van der Waals surface area contributed by atoms with Crippen LogP contribution in [0.1, 0.15) is 55.5 Å². The number of pyridine rings is 1. The first-order valence-corrected chi connectivity index (χ1v) is 12.5. The van der Waals surface area contributed by atoms with Gasteiger partial charge in [-0.1, -0.05) is 11.6 Å². The number of imidazole rings is 1. The number of nitrogens with one attached hydrogen (secondary N) is 2. The van der Waals surface area contributed by atoms with Crippen molar-refractivity contribution in [1.29, 1.82) is 0 Å². The summed E-state index contributed by atoms with van der Waals surface area (Å²) in [4.78, 5) is 21.2. The number of aromatic nitrogens is 4. The molecule has 4 aromatic rings. The summed E-state index contributed by atoms with van der Waals surface area (Å²) in [5.74, 6) is -1.86. The van der Waals surface area contributed by atoms with Gasteiger partial charge in [0, 0.05) is 18.3 Å². The van der Waals surface area contributed by atoms with Crippen LogP contribution in [0.3, 0.4) is 0 Å². The van der Waals surface area contributed by atoms with Crippen molar-refractivity contribution in [3.05, 3.63) is 83.3 Å². The average Bonchev–Trinajstić information content (AvgIpc) is 3.25. The molecule has 5 rings (SSSR count). The molecule has 0 bridgehead atoms. The van der Waals surface area contributed by atoms with Gasteiger partial charge in [0.15, 0.2) is 0 Å². The Morgan fingerprint density at radius 1 is 1.16 bits per heavy atom. The Labute approximate surface area is 219 Å². The Morgan fingerprint density at radius 2 is 1.97 bits per heavy atom. The highest BCUT2D eigenvalue weighted by Crippen LogP contribution is 2.36. The standard InChI is InChI=1S/C28H29F2N7O/c1-15(2)34-27(38)21-5-6-22(29)25(26(21)30)23-7-4-19-13-33-28(37(19)36-23)35-24-14-32-9-8-20(24)17-10-16(3)11-18(31)12-17/h4-9,11,13-15,17-18H,10,12,31H2,1-3H3,(H,33,35)(H,34,38)/t17-,18+/m1/s1. The topological polar surface area (TPSA) is 110 Å². The monoisotopic (exact) mass is 517 g/mol. The molecule has 4 N–H and O–H groups in total. The fraction of sp³-hybridized carbons (Fsp3) is 0.286. The number of halogens is 2. The van der Waals surface area contributed by atoms with Gasteiger partial charge in [0.2, 0.25) is 5.95 Å². The second kappa shape index (κ2) is 10.3. The minimum atomic E-state index is -0.976. The third-order valence-corrected chi connectivity index (χ3v) is 6.56. The van der Waals surface area contributed by atoms with E-state index in [1.165, 1.54) is 16.2 Å². The second-order valence-electron chi connectivity index (χ2n) is 9.95. The Morgan fingerprint density at radius 3 is 2.74 bits per heavy atom. The van der Waals surface area contributed by atoms with E-state index in [2.05, 4.69) is 38.7 Å². The van der Waals surface area contributed by atoms with Gasteiger partial charge in [-0.2, -0.15) is 9.61 Å². The summed E-state index contributed by atoms with van der Waals surface area (Å²) < 4.78 is 31.7. The van der Waals surface area contributed by atoms with Crippen molar-refractivity contribution in [2.24, 2.45) is 5.73 Å². The summed E-state index contributed by atoms with van der Waals surface area (Å²) in [5, 5.41) is 10.4. The van der Waals surface area contributed by atoms with Crippen molar-refractivity contribution in [2.75, 3.05) is 5.32 Å². The van der Waals surface area contributed by atoms with E-state index in [0.717, 1.165) is 36.2 Å². The van der Waals surface area contributed by atoms with Crippen LogP contribution in [0.4, 0.5) is 20.4 Å². The van der Waals surface area contributed by atoms with Gasteiger partial charge in [-0.05, 0) is 75.4 Å². The van der Waals surface area contributed by atoms with Crippen LogP contribution in [0.5, 0.6) is 0 Å².